The molecule has 0 aliphatic heterocycles. The lowest BCUT2D eigenvalue weighted by molar-refractivity contribution is 0.0939. The van der Waals surface area contributed by atoms with Crippen LogP contribution in [0.3, 0.4) is 0 Å². The number of carbonyl (C=O) groups is 1. The van der Waals surface area contributed by atoms with E-state index in [0.29, 0.717) is 16.3 Å². The van der Waals surface area contributed by atoms with Crippen LogP contribution in [-0.2, 0) is 16.6 Å². The monoisotopic (exact) mass is 560 g/mol. The maximum atomic E-state index is 13.7. The third kappa shape index (κ3) is 6.35. The van der Waals surface area contributed by atoms with Crippen molar-refractivity contribution in [2.24, 2.45) is 0 Å². The van der Waals surface area contributed by atoms with Gasteiger partial charge in [0.15, 0.2) is 0 Å². The Morgan fingerprint density at radius 3 is 2.13 bits per heavy atom. The fraction of sp³-hybridized carbons (Fsp3) is 0.219. The van der Waals surface area contributed by atoms with Crippen LogP contribution >= 0.6 is 11.6 Å². The van der Waals surface area contributed by atoms with Gasteiger partial charge in [-0.05, 0) is 104 Å². The van der Waals surface area contributed by atoms with E-state index >= 15 is 0 Å². The van der Waals surface area contributed by atoms with E-state index in [1.54, 1.807) is 72.8 Å². The fourth-order valence-corrected chi connectivity index (χ4v) is 6.30. The average molecular weight is 561 g/mol. The second-order valence-corrected chi connectivity index (χ2v) is 12.2. The Labute approximate surface area is 236 Å². The predicted molar refractivity (Wildman–Crippen MR) is 159 cm³/mol. The molecule has 202 valence electrons. The molecule has 0 fully saturated rings. The molecular weight excluding hydrogens is 528 g/mol. The largest absolute Gasteiger partial charge is 0.346 e. The van der Waals surface area contributed by atoms with Gasteiger partial charge in [-0.3, -0.25) is 9.10 Å². The lowest BCUT2D eigenvalue weighted by atomic mass is 9.96. The van der Waals surface area contributed by atoms with Crippen LogP contribution in [0.1, 0.15) is 56.7 Å². The lowest BCUT2D eigenvalue weighted by Crippen LogP contribution is -2.31. The zero-order valence-corrected chi connectivity index (χ0v) is 24.4. The smallest absolute Gasteiger partial charge is 0.264 e. The van der Waals surface area contributed by atoms with E-state index in [2.05, 4.69) is 38.2 Å². The molecule has 0 saturated carbocycles. The van der Waals surface area contributed by atoms with Crippen LogP contribution < -0.4 is 9.62 Å². The first-order valence-corrected chi connectivity index (χ1v) is 14.6. The first kappa shape index (κ1) is 28.4. The normalized spacial score (nSPS) is 12.2. The van der Waals surface area contributed by atoms with E-state index < -0.39 is 10.0 Å². The van der Waals surface area contributed by atoms with E-state index in [0.717, 1.165) is 22.3 Å². The molecule has 4 rings (SSSR count). The number of amides is 1. The highest BCUT2D eigenvalue weighted by Gasteiger charge is 2.26. The van der Waals surface area contributed by atoms with Crippen LogP contribution in [0.25, 0.3) is 0 Å². The van der Waals surface area contributed by atoms with E-state index in [1.165, 1.54) is 15.4 Å². The molecule has 1 amide bonds. The first-order chi connectivity index (χ1) is 18.5. The number of carbonyl (C=O) groups excluding carboxylic acids is 1. The number of sulfonamides is 1. The zero-order valence-electron chi connectivity index (χ0n) is 22.8. The summed E-state index contributed by atoms with van der Waals surface area (Å²) < 4.78 is 28.8. The summed E-state index contributed by atoms with van der Waals surface area (Å²) >= 11 is 6.26. The van der Waals surface area contributed by atoms with Crippen LogP contribution in [-0.4, -0.2) is 14.3 Å². The minimum Gasteiger partial charge on any atom is -0.346 e. The van der Waals surface area contributed by atoms with Gasteiger partial charge in [-0.1, -0.05) is 60.1 Å². The minimum absolute atomic E-state index is 0.0819. The van der Waals surface area contributed by atoms with Gasteiger partial charge in [-0.25, -0.2) is 8.42 Å². The van der Waals surface area contributed by atoms with Crippen LogP contribution in [0.4, 0.5) is 5.69 Å². The van der Waals surface area contributed by atoms with E-state index in [-0.39, 0.29) is 23.4 Å². The SMILES string of the molecule is Cc1cc(C)c(C(C)NC(=O)c2ccc(CN(c3cc(Cl)ccc3C)S(=O)(=O)c3ccccc3)cc2)cc1C. The number of hydrogen-bond acceptors (Lipinski definition) is 3. The Balaban J connectivity index is 1.59. The van der Waals surface area contributed by atoms with Crippen molar-refractivity contribution in [2.45, 2.75) is 52.1 Å². The average Bonchev–Trinajstić information content (AvgIpc) is 2.91. The van der Waals surface area contributed by atoms with Crippen LogP contribution in [0.15, 0.2) is 89.8 Å². The van der Waals surface area contributed by atoms with Gasteiger partial charge in [0.25, 0.3) is 15.9 Å². The number of hydrogen-bond donors (Lipinski definition) is 1. The van der Waals surface area contributed by atoms with Crippen molar-refractivity contribution >= 4 is 33.2 Å². The first-order valence-electron chi connectivity index (χ1n) is 12.8. The van der Waals surface area contributed by atoms with Gasteiger partial charge in [-0.15, -0.1) is 0 Å². The molecule has 0 aliphatic rings. The topological polar surface area (TPSA) is 66.5 Å². The summed E-state index contributed by atoms with van der Waals surface area (Å²) in [5.74, 6) is -0.189. The molecule has 4 aromatic rings. The Morgan fingerprint density at radius 2 is 1.46 bits per heavy atom. The molecule has 7 heteroatoms. The summed E-state index contributed by atoms with van der Waals surface area (Å²) in [7, 11) is -3.88. The third-order valence-electron chi connectivity index (χ3n) is 7.01. The second kappa shape index (κ2) is 11.6. The van der Waals surface area contributed by atoms with Crippen molar-refractivity contribution in [3.8, 4) is 0 Å². The summed E-state index contributed by atoms with van der Waals surface area (Å²) in [5.41, 5.74) is 7.16. The lowest BCUT2D eigenvalue weighted by Gasteiger charge is -2.26. The molecule has 0 aromatic heterocycles. The number of anilines is 1. The number of nitrogens with zero attached hydrogens (tertiary/aromatic N) is 1. The maximum Gasteiger partial charge on any atom is 0.264 e. The van der Waals surface area contributed by atoms with Crippen LogP contribution in [0, 0.1) is 27.7 Å². The molecule has 0 radical (unpaired) electrons. The van der Waals surface area contributed by atoms with Gasteiger partial charge < -0.3 is 5.32 Å². The molecule has 1 unspecified atom stereocenters. The number of rotatable bonds is 8. The van der Waals surface area contributed by atoms with Gasteiger partial charge in [0, 0.05) is 10.6 Å². The molecule has 0 bridgehead atoms. The quantitative estimate of drug-likeness (QED) is 0.243. The highest BCUT2D eigenvalue weighted by molar-refractivity contribution is 7.92. The van der Waals surface area contributed by atoms with Crippen molar-refractivity contribution in [1.29, 1.82) is 0 Å². The molecule has 1 atom stereocenters. The van der Waals surface area contributed by atoms with Gasteiger partial charge in [0.1, 0.15) is 0 Å². The van der Waals surface area contributed by atoms with Crippen LogP contribution in [0.2, 0.25) is 5.02 Å². The summed E-state index contributed by atoms with van der Waals surface area (Å²) in [5, 5.41) is 3.53. The number of halogens is 1. The van der Waals surface area contributed by atoms with Crippen molar-refractivity contribution in [3.05, 3.63) is 129 Å². The van der Waals surface area contributed by atoms with Gasteiger partial charge in [-0.2, -0.15) is 0 Å². The van der Waals surface area contributed by atoms with Crippen molar-refractivity contribution in [1.82, 2.24) is 5.32 Å². The second-order valence-electron chi connectivity index (χ2n) is 9.94. The van der Waals surface area contributed by atoms with Gasteiger partial charge in [0.05, 0.1) is 23.2 Å². The minimum atomic E-state index is -3.88. The standard InChI is InChI=1S/C32H33ClN2O3S/c1-21-11-16-28(33)19-31(21)35(39(37,38)29-9-7-6-8-10-29)20-26-12-14-27(15-13-26)32(36)34-25(5)30-18-23(3)22(2)17-24(30)4/h6-19,25H,20H2,1-5H3,(H,34,36). The predicted octanol–water partition coefficient (Wildman–Crippen LogP) is 7.46. The number of benzene rings is 4. The number of aryl methyl sites for hydroxylation is 4. The summed E-state index contributed by atoms with van der Waals surface area (Å²) in [6.07, 6.45) is 0. The Morgan fingerprint density at radius 1 is 0.821 bits per heavy atom. The Bertz CT molecular complexity index is 1600. The maximum absolute atomic E-state index is 13.7. The Kier molecular flexibility index (Phi) is 8.48. The summed E-state index contributed by atoms with van der Waals surface area (Å²) in [6, 6.07) is 24.7. The molecule has 0 heterocycles. The highest BCUT2D eigenvalue weighted by atomic mass is 35.5. The molecular formula is C32H33ClN2O3S. The fourth-order valence-electron chi connectivity index (χ4n) is 4.61. The Hall–Kier alpha value is -3.61. The highest BCUT2D eigenvalue weighted by Crippen LogP contribution is 2.31. The van der Waals surface area contributed by atoms with Crippen molar-refractivity contribution < 1.29 is 13.2 Å². The summed E-state index contributed by atoms with van der Waals surface area (Å²) in [6.45, 7) is 10.1. The molecule has 0 aliphatic carbocycles. The van der Waals surface area contributed by atoms with Crippen LogP contribution in [0.5, 0.6) is 0 Å². The van der Waals surface area contributed by atoms with E-state index in [9.17, 15) is 13.2 Å². The van der Waals surface area contributed by atoms with E-state index in [1.807, 2.05) is 13.8 Å². The third-order valence-corrected chi connectivity index (χ3v) is 9.02. The summed E-state index contributed by atoms with van der Waals surface area (Å²) in [4.78, 5) is 13.2. The van der Waals surface area contributed by atoms with E-state index in [4.69, 9.17) is 11.6 Å². The molecule has 39 heavy (non-hydrogen) atoms. The molecule has 5 nitrogen and oxygen atoms in total. The molecule has 1 N–H and O–H groups in total. The number of nitrogens with one attached hydrogen (secondary N) is 1. The molecule has 0 spiro atoms. The van der Waals surface area contributed by atoms with Gasteiger partial charge >= 0.3 is 0 Å². The van der Waals surface area contributed by atoms with Crippen molar-refractivity contribution in [2.75, 3.05) is 4.31 Å². The van der Waals surface area contributed by atoms with Crippen molar-refractivity contribution in [3.63, 3.8) is 0 Å². The molecule has 0 saturated heterocycles. The molecule has 4 aromatic carbocycles. The van der Waals surface area contributed by atoms with Gasteiger partial charge in [0.2, 0.25) is 0 Å². The zero-order chi connectivity index (χ0) is 28.3.